The number of benzene rings is 1. The lowest BCUT2D eigenvalue weighted by Crippen LogP contribution is -2.34. The highest BCUT2D eigenvalue weighted by Gasteiger charge is 2.16. The summed E-state index contributed by atoms with van der Waals surface area (Å²) in [6, 6.07) is 4.86. The third-order valence-corrected chi connectivity index (χ3v) is 2.74. The molecule has 0 heterocycles. The fourth-order valence-electron chi connectivity index (χ4n) is 1.73. The summed E-state index contributed by atoms with van der Waals surface area (Å²) in [7, 11) is 3.12. The van der Waals surface area contributed by atoms with Crippen LogP contribution in [0.15, 0.2) is 18.2 Å². The van der Waals surface area contributed by atoms with Crippen LogP contribution >= 0.6 is 0 Å². The molecule has 18 heavy (non-hydrogen) atoms. The summed E-state index contributed by atoms with van der Waals surface area (Å²) in [5, 5.41) is 12.2. The predicted molar refractivity (Wildman–Crippen MR) is 69.0 cm³/mol. The van der Waals surface area contributed by atoms with Gasteiger partial charge < -0.3 is 19.9 Å². The quantitative estimate of drug-likeness (QED) is 0.760. The monoisotopic (exact) mass is 253 g/mol. The van der Waals surface area contributed by atoms with Gasteiger partial charge in [0, 0.05) is 19.9 Å². The van der Waals surface area contributed by atoms with Gasteiger partial charge in [-0.3, -0.25) is 0 Å². The largest absolute Gasteiger partial charge is 0.478 e. The molecule has 0 aromatic heterocycles. The van der Waals surface area contributed by atoms with Gasteiger partial charge in [0.05, 0.1) is 11.6 Å². The highest BCUT2D eigenvalue weighted by atomic mass is 16.7. The van der Waals surface area contributed by atoms with Gasteiger partial charge in [0.25, 0.3) is 0 Å². The summed E-state index contributed by atoms with van der Waals surface area (Å²) in [6.45, 7) is 3.82. The van der Waals surface area contributed by atoms with Crippen LogP contribution in [0, 0.1) is 6.92 Å². The van der Waals surface area contributed by atoms with Crippen molar-refractivity contribution in [3.05, 3.63) is 29.3 Å². The van der Waals surface area contributed by atoms with Crippen molar-refractivity contribution in [1.29, 1.82) is 0 Å². The first-order chi connectivity index (χ1) is 8.49. The first-order valence-corrected chi connectivity index (χ1v) is 5.65. The molecule has 0 radical (unpaired) electrons. The summed E-state index contributed by atoms with van der Waals surface area (Å²) >= 11 is 0. The normalized spacial score (nSPS) is 12.5. The average molecular weight is 253 g/mol. The van der Waals surface area contributed by atoms with Crippen LogP contribution in [0.5, 0.6) is 0 Å². The number of aromatic carboxylic acids is 1. The van der Waals surface area contributed by atoms with E-state index < -0.39 is 12.3 Å². The zero-order valence-electron chi connectivity index (χ0n) is 11.1. The molecule has 1 rings (SSSR count). The third-order valence-electron chi connectivity index (χ3n) is 2.74. The van der Waals surface area contributed by atoms with E-state index in [9.17, 15) is 4.79 Å². The second-order valence-corrected chi connectivity index (χ2v) is 4.11. The van der Waals surface area contributed by atoms with Gasteiger partial charge in [-0.25, -0.2) is 4.79 Å². The minimum absolute atomic E-state index is 0.0947. The fraction of sp³-hybridized carbons (Fsp3) is 0.462. The summed E-state index contributed by atoms with van der Waals surface area (Å²) in [5.74, 6) is -0.944. The molecule has 100 valence electrons. The van der Waals surface area contributed by atoms with Crippen molar-refractivity contribution >= 4 is 11.7 Å². The summed E-state index contributed by atoms with van der Waals surface area (Å²) in [4.78, 5) is 10.9. The number of carbonyl (C=O) groups is 1. The number of methoxy groups -OCH3 is 2. The number of hydrogen-bond donors (Lipinski definition) is 2. The van der Waals surface area contributed by atoms with Crippen molar-refractivity contribution < 1.29 is 19.4 Å². The van der Waals surface area contributed by atoms with Gasteiger partial charge in [-0.1, -0.05) is 6.07 Å². The Morgan fingerprint density at radius 2 is 1.94 bits per heavy atom. The van der Waals surface area contributed by atoms with Gasteiger partial charge in [0.15, 0.2) is 6.29 Å². The van der Waals surface area contributed by atoms with E-state index in [4.69, 9.17) is 14.6 Å². The Labute approximate surface area is 107 Å². The van der Waals surface area contributed by atoms with E-state index in [0.717, 1.165) is 11.3 Å². The molecule has 0 bridgehead atoms. The van der Waals surface area contributed by atoms with Crippen molar-refractivity contribution in [2.24, 2.45) is 0 Å². The molecule has 0 aliphatic heterocycles. The Hall–Kier alpha value is -1.59. The lowest BCUT2D eigenvalue weighted by molar-refractivity contribution is -0.109. The fourth-order valence-corrected chi connectivity index (χ4v) is 1.73. The van der Waals surface area contributed by atoms with Gasteiger partial charge in [-0.05, 0) is 31.5 Å². The van der Waals surface area contributed by atoms with E-state index in [1.165, 1.54) is 0 Å². The lowest BCUT2D eigenvalue weighted by Gasteiger charge is -2.24. The number of anilines is 1. The molecule has 0 saturated carbocycles. The molecule has 5 heteroatoms. The van der Waals surface area contributed by atoms with Crippen molar-refractivity contribution in [2.75, 3.05) is 19.5 Å². The van der Waals surface area contributed by atoms with E-state index in [1.54, 1.807) is 32.4 Å². The molecule has 0 aliphatic carbocycles. The van der Waals surface area contributed by atoms with Crippen LogP contribution in [0.1, 0.15) is 22.8 Å². The molecule has 0 spiro atoms. The topological polar surface area (TPSA) is 67.8 Å². The summed E-state index contributed by atoms with van der Waals surface area (Å²) in [6.07, 6.45) is -0.391. The number of hydrogen-bond acceptors (Lipinski definition) is 4. The summed E-state index contributed by atoms with van der Waals surface area (Å²) in [5.41, 5.74) is 1.99. The Morgan fingerprint density at radius 3 is 2.44 bits per heavy atom. The highest BCUT2D eigenvalue weighted by molar-refractivity contribution is 5.89. The number of nitrogens with one attached hydrogen (secondary N) is 1. The molecule has 1 aromatic carbocycles. The highest BCUT2D eigenvalue weighted by Crippen LogP contribution is 2.19. The van der Waals surface area contributed by atoms with Crippen LogP contribution in [0.4, 0.5) is 5.69 Å². The molecule has 0 amide bonds. The average Bonchev–Trinajstić information content (AvgIpc) is 2.33. The Kier molecular flexibility index (Phi) is 5.12. The zero-order chi connectivity index (χ0) is 13.7. The zero-order valence-corrected chi connectivity index (χ0v) is 11.1. The number of aryl methyl sites for hydroxylation is 1. The second kappa shape index (κ2) is 6.37. The van der Waals surface area contributed by atoms with Crippen molar-refractivity contribution in [3.63, 3.8) is 0 Å². The first kappa shape index (κ1) is 14.5. The summed E-state index contributed by atoms with van der Waals surface area (Å²) < 4.78 is 10.3. The van der Waals surface area contributed by atoms with E-state index >= 15 is 0 Å². The van der Waals surface area contributed by atoms with Crippen LogP contribution in [-0.2, 0) is 9.47 Å². The minimum Gasteiger partial charge on any atom is -0.478 e. The SMILES string of the molecule is COC(OC)C(C)Nc1cc(C(=O)O)ccc1C. The van der Waals surface area contributed by atoms with Gasteiger partial charge in [-0.15, -0.1) is 0 Å². The third kappa shape index (κ3) is 3.45. The minimum atomic E-state index is -0.944. The van der Waals surface area contributed by atoms with Crippen LogP contribution in [-0.4, -0.2) is 37.6 Å². The molecular weight excluding hydrogens is 234 g/mol. The van der Waals surface area contributed by atoms with Gasteiger partial charge in [0.2, 0.25) is 0 Å². The van der Waals surface area contributed by atoms with E-state index in [0.29, 0.717) is 0 Å². The Bertz CT molecular complexity index is 415. The molecule has 2 N–H and O–H groups in total. The molecule has 5 nitrogen and oxygen atoms in total. The van der Waals surface area contributed by atoms with Crippen molar-refractivity contribution in [3.8, 4) is 0 Å². The number of ether oxygens (including phenoxy) is 2. The standard InChI is InChI=1S/C13H19NO4/c1-8-5-6-10(12(15)16)7-11(8)14-9(2)13(17-3)18-4/h5-7,9,13-14H,1-4H3,(H,15,16). The number of rotatable bonds is 6. The second-order valence-electron chi connectivity index (χ2n) is 4.11. The molecular formula is C13H19NO4. The van der Waals surface area contributed by atoms with E-state index in [-0.39, 0.29) is 11.6 Å². The van der Waals surface area contributed by atoms with E-state index in [2.05, 4.69) is 5.32 Å². The maximum absolute atomic E-state index is 10.9. The lowest BCUT2D eigenvalue weighted by atomic mass is 10.1. The number of carboxylic acids is 1. The first-order valence-electron chi connectivity index (χ1n) is 5.65. The molecule has 0 fully saturated rings. The predicted octanol–water partition coefficient (Wildman–Crippen LogP) is 2.11. The van der Waals surface area contributed by atoms with Gasteiger partial charge in [0.1, 0.15) is 0 Å². The Balaban J connectivity index is 2.89. The Morgan fingerprint density at radius 1 is 1.33 bits per heavy atom. The molecule has 0 aliphatic rings. The number of carboxylic acid groups (broad SMARTS) is 1. The van der Waals surface area contributed by atoms with Gasteiger partial charge >= 0.3 is 5.97 Å². The van der Waals surface area contributed by atoms with E-state index in [1.807, 2.05) is 13.8 Å². The van der Waals surface area contributed by atoms with Crippen molar-refractivity contribution in [1.82, 2.24) is 0 Å². The van der Waals surface area contributed by atoms with Crippen LogP contribution < -0.4 is 5.32 Å². The molecule has 1 atom stereocenters. The maximum atomic E-state index is 10.9. The molecule has 1 aromatic rings. The molecule has 0 saturated heterocycles. The maximum Gasteiger partial charge on any atom is 0.335 e. The van der Waals surface area contributed by atoms with Gasteiger partial charge in [-0.2, -0.15) is 0 Å². The van der Waals surface area contributed by atoms with Crippen LogP contribution in [0.2, 0.25) is 0 Å². The van der Waals surface area contributed by atoms with Crippen LogP contribution in [0.25, 0.3) is 0 Å². The van der Waals surface area contributed by atoms with Crippen molar-refractivity contribution in [2.45, 2.75) is 26.2 Å². The molecule has 1 unspecified atom stereocenters. The van der Waals surface area contributed by atoms with Crippen LogP contribution in [0.3, 0.4) is 0 Å². The smallest absolute Gasteiger partial charge is 0.335 e.